The smallest absolute Gasteiger partial charge is 0.331 e. The zero-order chi connectivity index (χ0) is 9.90. The van der Waals surface area contributed by atoms with E-state index in [0.717, 1.165) is 0 Å². The summed E-state index contributed by atoms with van der Waals surface area (Å²) in [5, 5.41) is 19.6. The SMILES string of the molecule is CCC(CC)(C(=O)O)n1cnnn1. The van der Waals surface area contributed by atoms with E-state index in [1.54, 1.807) is 13.8 Å². The number of carbonyl (C=O) groups is 1. The molecule has 0 saturated heterocycles. The molecule has 0 aliphatic heterocycles. The van der Waals surface area contributed by atoms with Crippen molar-refractivity contribution in [1.82, 2.24) is 20.2 Å². The lowest BCUT2D eigenvalue weighted by Crippen LogP contribution is -2.41. The predicted molar refractivity (Wildman–Crippen MR) is 44.0 cm³/mol. The molecule has 1 heterocycles. The summed E-state index contributed by atoms with van der Waals surface area (Å²) in [6.45, 7) is 3.61. The zero-order valence-corrected chi connectivity index (χ0v) is 7.64. The highest BCUT2D eigenvalue weighted by molar-refractivity contribution is 5.76. The molecule has 0 aromatic carbocycles. The molecule has 0 atom stereocenters. The standard InChI is InChI=1S/C7H12N4O2/c1-3-7(4-2,6(12)13)11-5-8-9-10-11/h5H,3-4H2,1-2H3,(H,12,13). The molecule has 1 aromatic rings. The van der Waals surface area contributed by atoms with Crippen molar-refractivity contribution in [3.63, 3.8) is 0 Å². The first kappa shape index (κ1) is 9.63. The summed E-state index contributed by atoms with van der Waals surface area (Å²) in [6.07, 6.45) is 2.26. The van der Waals surface area contributed by atoms with Gasteiger partial charge in [-0.05, 0) is 23.3 Å². The molecule has 0 fully saturated rings. The van der Waals surface area contributed by atoms with Crippen molar-refractivity contribution >= 4 is 5.97 Å². The zero-order valence-electron chi connectivity index (χ0n) is 7.64. The van der Waals surface area contributed by atoms with Crippen LogP contribution in [0.15, 0.2) is 6.33 Å². The maximum Gasteiger partial charge on any atom is 0.331 e. The van der Waals surface area contributed by atoms with E-state index in [1.807, 2.05) is 0 Å². The number of aromatic nitrogens is 4. The summed E-state index contributed by atoms with van der Waals surface area (Å²) in [4.78, 5) is 11.1. The first-order valence-electron chi connectivity index (χ1n) is 4.14. The van der Waals surface area contributed by atoms with Gasteiger partial charge in [0.05, 0.1) is 0 Å². The number of carboxylic acid groups (broad SMARTS) is 1. The Balaban J connectivity index is 3.11. The van der Waals surface area contributed by atoms with Crippen LogP contribution in [-0.2, 0) is 10.3 Å². The van der Waals surface area contributed by atoms with Crippen LogP contribution >= 0.6 is 0 Å². The Labute approximate surface area is 75.6 Å². The lowest BCUT2D eigenvalue weighted by Gasteiger charge is -2.25. The van der Waals surface area contributed by atoms with E-state index in [9.17, 15) is 4.79 Å². The van der Waals surface area contributed by atoms with Gasteiger partial charge in [-0.15, -0.1) is 5.10 Å². The Morgan fingerprint density at radius 3 is 2.46 bits per heavy atom. The van der Waals surface area contributed by atoms with Crippen molar-refractivity contribution in [2.24, 2.45) is 0 Å². The fraction of sp³-hybridized carbons (Fsp3) is 0.714. The van der Waals surface area contributed by atoms with Gasteiger partial charge in [-0.25, -0.2) is 9.48 Å². The maximum atomic E-state index is 11.1. The van der Waals surface area contributed by atoms with Gasteiger partial charge < -0.3 is 5.11 Å². The third-order valence-electron chi connectivity index (χ3n) is 2.36. The van der Waals surface area contributed by atoms with Crippen LogP contribution in [0.2, 0.25) is 0 Å². The van der Waals surface area contributed by atoms with Gasteiger partial charge >= 0.3 is 5.97 Å². The van der Waals surface area contributed by atoms with Crippen molar-refractivity contribution in [2.45, 2.75) is 32.2 Å². The molecular weight excluding hydrogens is 172 g/mol. The molecule has 0 spiro atoms. The molecule has 0 amide bonds. The van der Waals surface area contributed by atoms with Gasteiger partial charge in [-0.1, -0.05) is 13.8 Å². The van der Waals surface area contributed by atoms with Gasteiger partial charge in [0.1, 0.15) is 6.33 Å². The monoisotopic (exact) mass is 184 g/mol. The minimum atomic E-state index is -0.997. The van der Waals surface area contributed by atoms with Crippen molar-refractivity contribution in [3.8, 4) is 0 Å². The molecule has 72 valence electrons. The minimum Gasteiger partial charge on any atom is -0.479 e. The molecule has 6 heteroatoms. The normalized spacial score (nSPS) is 11.5. The largest absolute Gasteiger partial charge is 0.479 e. The van der Waals surface area contributed by atoms with Crippen LogP contribution in [0.3, 0.4) is 0 Å². The van der Waals surface area contributed by atoms with Crippen LogP contribution in [-0.4, -0.2) is 31.3 Å². The average Bonchev–Trinajstić information content (AvgIpc) is 2.60. The molecule has 6 nitrogen and oxygen atoms in total. The number of hydrogen-bond donors (Lipinski definition) is 1. The fourth-order valence-electron chi connectivity index (χ4n) is 1.33. The molecular formula is C7H12N4O2. The second-order valence-corrected chi connectivity index (χ2v) is 2.80. The van der Waals surface area contributed by atoms with Gasteiger partial charge in [0, 0.05) is 0 Å². The molecule has 1 aromatic heterocycles. The molecule has 0 aliphatic carbocycles. The number of hydrogen-bond acceptors (Lipinski definition) is 4. The van der Waals surface area contributed by atoms with Crippen LogP contribution in [0, 0.1) is 0 Å². The highest BCUT2D eigenvalue weighted by Crippen LogP contribution is 2.23. The number of carboxylic acids is 1. The van der Waals surface area contributed by atoms with Crippen LogP contribution in [0.25, 0.3) is 0 Å². The van der Waals surface area contributed by atoms with Crippen molar-refractivity contribution in [2.75, 3.05) is 0 Å². The topological polar surface area (TPSA) is 80.9 Å². The van der Waals surface area contributed by atoms with Crippen molar-refractivity contribution in [1.29, 1.82) is 0 Å². The number of nitrogens with zero attached hydrogens (tertiary/aromatic N) is 4. The van der Waals surface area contributed by atoms with E-state index in [-0.39, 0.29) is 0 Å². The summed E-state index contributed by atoms with van der Waals surface area (Å²) in [7, 11) is 0. The van der Waals surface area contributed by atoms with E-state index in [4.69, 9.17) is 5.11 Å². The molecule has 0 saturated carbocycles. The second-order valence-electron chi connectivity index (χ2n) is 2.80. The Morgan fingerprint density at radius 1 is 1.54 bits per heavy atom. The lowest BCUT2D eigenvalue weighted by atomic mass is 9.93. The van der Waals surface area contributed by atoms with E-state index in [0.29, 0.717) is 12.8 Å². The van der Waals surface area contributed by atoms with E-state index in [2.05, 4.69) is 15.5 Å². The number of tetrazole rings is 1. The Kier molecular flexibility index (Phi) is 2.60. The highest BCUT2D eigenvalue weighted by Gasteiger charge is 2.38. The molecule has 0 bridgehead atoms. The Morgan fingerprint density at radius 2 is 2.15 bits per heavy atom. The molecule has 0 unspecified atom stereocenters. The first-order valence-corrected chi connectivity index (χ1v) is 4.14. The van der Waals surface area contributed by atoms with E-state index < -0.39 is 11.5 Å². The van der Waals surface area contributed by atoms with Crippen LogP contribution in [0.1, 0.15) is 26.7 Å². The fourth-order valence-corrected chi connectivity index (χ4v) is 1.33. The van der Waals surface area contributed by atoms with Gasteiger partial charge in [0.2, 0.25) is 0 Å². The van der Waals surface area contributed by atoms with Crippen LogP contribution < -0.4 is 0 Å². The molecule has 13 heavy (non-hydrogen) atoms. The average molecular weight is 184 g/mol. The lowest BCUT2D eigenvalue weighted by molar-refractivity contribution is -0.148. The van der Waals surface area contributed by atoms with Crippen molar-refractivity contribution in [3.05, 3.63) is 6.33 Å². The van der Waals surface area contributed by atoms with Gasteiger partial charge in [-0.3, -0.25) is 0 Å². The minimum absolute atomic E-state index is 0.462. The highest BCUT2D eigenvalue weighted by atomic mass is 16.4. The molecule has 1 rings (SSSR count). The third kappa shape index (κ3) is 1.39. The summed E-state index contributed by atoms with van der Waals surface area (Å²) in [5.41, 5.74) is -0.997. The van der Waals surface area contributed by atoms with Crippen molar-refractivity contribution < 1.29 is 9.90 Å². The Bertz CT molecular complexity index is 279. The summed E-state index contributed by atoms with van der Waals surface area (Å²) < 4.78 is 1.30. The third-order valence-corrected chi connectivity index (χ3v) is 2.36. The molecule has 0 radical (unpaired) electrons. The van der Waals surface area contributed by atoms with Gasteiger partial charge in [0.15, 0.2) is 5.54 Å². The number of aliphatic carboxylic acids is 1. The quantitative estimate of drug-likeness (QED) is 0.726. The first-order chi connectivity index (χ1) is 6.17. The van der Waals surface area contributed by atoms with Crippen LogP contribution in [0.4, 0.5) is 0 Å². The summed E-state index contributed by atoms with van der Waals surface area (Å²) in [6, 6.07) is 0. The molecule has 1 N–H and O–H groups in total. The maximum absolute atomic E-state index is 11.1. The Hall–Kier alpha value is -1.46. The second kappa shape index (κ2) is 3.51. The summed E-state index contributed by atoms with van der Waals surface area (Å²) in [5.74, 6) is -0.898. The predicted octanol–water partition coefficient (Wildman–Crippen LogP) is 0.273. The van der Waals surface area contributed by atoms with Gasteiger partial charge in [0.25, 0.3) is 0 Å². The molecule has 0 aliphatic rings. The van der Waals surface area contributed by atoms with E-state index >= 15 is 0 Å². The van der Waals surface area contributed by atoms with Gasteiger partial charge in [-0.2, -0.15) is 0 Å². The summed E-state index contributed by atoms with van der Waals surface area (Å²) >= 11 is 0. The van der Waals surface area contributed by atoms with Crippen LogP contribution in [0.5, 0.6) is 0 Å². The van der Waals surface area contributed by atoms with E-state index in [1.165, 1.54) is 11.0 Å². The number of rotatable bonds is 4.